The van der Waals surface area contributed by atoms with E-state index in [1.807, 2.05) is 37.6 Å². The fourth-order valence-electron chi connectivity index (χ4n) is 3.76. The van der Waals surface area contributed by atoms with Crippen LogP contribution in [0.1, 0.15) is 38.3 Å². The Balaban J connectivity index is 1.68. The SMILES string of the molecule is CC(C(=O)Nc1ccnn1C(C)C)N1C[C@@H](CN)[C@H](c2ccccc2)C1. The number of nitrogens with two attached hydrogens (primary N) is 1. The molecule has 2 heterocycles. The van der Waals surface area contributed by atoms with E-state index in [9.17, 15) is 4.79 Å². The Morgan fingerprint density at radius 1 is 1.23 bits per heavy atom. The summed E-state index contributed by atoms with van der Waals surface area (Å²) in [5.74, 6) is 1.48. The second kappa shape index (κ2) is 8.01. The van der Waals surface area contributed by atoms with Gasteiger partial charge in [0.05, 0.1) is 12.2 Å². The van der Waals surface area contributed by atoms with Crippen molar-refractivity contribution in [2.75, 3.05) is 25.0 Å². The summed E-state index contributed by atoms with van der Waals surface area (Å²) in [7, 11) is 0. The molecule has 0 aliphatic carbocycles. The molecule has 1 fully saturated rings. The number of nitrogens with zero attached hydrogens (tertiary/aromatic N) is 3. The van der Waals surface area contributed by atoms with Crippen molar-refractivity contribution in [2.24, 2.45) is 11.7 Å². The van der Waals surface area contributed by atoms with Crippen molar-refractivity contribution in [2.45, 2.75) is 38.8 Å². The molecule has 3 atom stereocenters. The van der Waals surface area contributed by atoms with Gasteiger partial charge in [-0.25, -0.2) is 4.68 Å². The van der Waals surface area contributed by atoms with Crippen LogP contribution in [0.5, 0.6) is 0 Å². The van der Waals surface area contributed by atoms with Gasteiger partial charge in [-0.3, -0.25) is 9.69 Å². The number of aromatic nitrogens is 2. The van der Waals surface area contributed by atoms with Crippen molar-refractivity contribution in [3.8, 4) is 0 Å². The van der Waals surface area contributed by atoms with E-state index < -0.39 is 0 Å². The van der Waals surface area contributed by atoms with Crippen molar-refractivity contribution >= 4 is 11.7 Å². The second-order valence-corrected chi connectivity index (χ2v) is 7.39. The fraction of sp³-hybridized carbons (Fsp3) is 0.500. The summed E-state index contributed by atoms with van der Waals surface area (Å²) in [6.45, 7) is 8.38. The number of hydrogen-bond acceptors (Lipinski definition) is 4. The Hall–Kier alpha value is -2.18. The Morgan fingerprint density at radius 3 is 2.62 bits per heavy atom. The number of amides is 1. The monoisotopic (exact) mass is 355 g/mol. The molecule has 140 valence electrons. The molecule has 2 aromatic rings. The molecule has 1 saturated heterocycles. The molecule has 1 aromatic carbocycles. The van der Waals surface area contributed by atoms with Gasteiger partial charge < -0.3 is 11.1 Å². The minimum absolute atomic E-state index is 0.00289. The highest BCUT2D eigenvalue weighted by Gasteiger charge is 2.37. The molecular weight excluding hydrogens is 326 g/mol. The molecule has 0 saturated carbocycles. The van der Waals surface area contributed by atoms with Crippen LogP contribution in [0.3, 0.4) is 0 Å². The van der Waals surface area contributed by atoms with Crippen LogP contribution in [-0.4, -0.2) is 46.3 Å². The van der Waals surface area contributed by atoms with Gasteiger partial charge in [-0.15, -0.1) is 0 Å². The molecule has 0 bridgehead atoms. The Morgan fingerprint density at radius 2 is 1.96 bits per heavy atom. The van der Waals surface area contributed by atoms with E-state index in [4.69, 9.17) is 5.73 Å². The third-order valence-corrected chi connectivity index (χ3v) is 5.34. The second-order valence-electron chi connectivity index (χ2n) is 7.39. The summed E-state index contributed by atoms with van der Waals surface area (Å²) in [5.41, 5.74) is 7.33. The molecule has 6 heteroatoms. The third kappa shape index (κ3) is 3.81. The number of anilines is 1. The van der Waals surface area contributed by atoms with Crippen LogP contribution in [-0.2, 0) is 4.79 Å². The summed E-state index contributed by atoms with van der Waals surface area (Å²) in [5, 5.41) is 7.30. The summed E-state index contributed by atoms with van der Waals surface area (Å²) >= 11 is 0. The van der Waals surface area contributed by atoms with Crippen LogP contribution < -0.4 is 11.1 Å². The average Bonchev–Trinajstić information content (AvgIpc) is 3.28. The van der Waals surface area contributed by atoms with E-state index in [1.165, 1.54) is 5.56 Å². The van der Waals surface area contributed by atoms with Crippen molar-refractivity contribution < 1.29 is 4.79 Å². The predicted octanol–water partition coefficient (Wildman–Crippen LogP) is 2.47. The van der Waals surface area contributed by atoms with Gasteiger partial charge in [-0.1, -0.05) is 30.3 Å². The lowest BCUT2D eigenvalue weighted by Crippen LogP contribution is -2.41. The van der Waals surface area contributed by atoms with Crippen molar-refractivity contribution in [1.29, 1.82) is 0 Å². The Bertz CT molecular complexity index is 727. The molecule has 0 spiro atoms. The summed E-state index contributed by atoms with van der Waals surface area (Å²) < 4.78 is 1.82. The van der Waals surface area contributed by atoms with Gasteiger partial charge in [0.2, 0.25) is 5.91 Å². The zero-order valence-corrected chi connectivity index (χ0v) is 15.8. The lowest BCUT2D eigenvalue weighted by atomic mass is 9.89. The first kappa shape index (κ1) is 18.6. The topological polar surface area (TPSA) is 76.2 Å². The molecule has 1 aliphatic heterocycles. The van der Waals surface area contributed by atoms with Crippen LogP contribution in [0.15, 0.2) is 42.6 Å². The zero-order valence-electron chi connectivity index (χ0n) is 15.8. The van der Waals surface area contributed by atoms with Crippen molar-refractivity contribution in [1.82, 2.24) is 14.7 Å². The number of benzene rings is 1. The highest BCUT2D eigenvalue weighted by atomic mass is 16.2. The van der Waals surface area contributed by atoms with E-state index in [0.717, 1.165) is 18.9 Å². The molecule has 6 nitrogen and oxygen atoms in total. The van der Waals surface area contributed by atoms with E-state index in [1.54, 1.807) is 6.20 Å². The number of hydrogen-bond donors (Lipinski definition) is 2. The molecule has 26 heavy (non-hydrogen) atoms. The third-order valence-electron chi connectivity index (χ3n) is 5.34. The molecule has 1 aromatic heterocycles. The lowest BCUT2D eigenvalue weighted by Gasteiger charge is -2.24. The van der Waals surface area contributed by atoms with Gasteiger partial charge in [0.25, 0.3) is 0 Å². The first-order valence-electron chi connectivity index (χ1n) is 9.34. The minimum atomic E-state index is -0.215. The van der Waals surface area contributed by atoms with Crippen LogP contribution >= 0.6 is 0 Å². The summed E-state index contributed by atoms with van der Waals surface area (Å²) in [6, 6.07) is 12.3. The van der Waals surface area contributed by atoms with E-state index in [-0.39, 0.29) is 18.0 Å². The standard InChI is InChI=1S/C20H29N5O/c1-14(2)25-19(9-10-22-25)23-20(26)15(3)24-12-17(11-21)18(13-24)16-7-5-4-6-8-16/h4-10,14-15,17-18H,11-13,21H2,1-3H3,(H,23,26)/t15?,17-,18+/m1/s1. The van der Waals surface area contributed by atoms with Gasteiger partial charge in [-0.05, 0) is 38.8 Å². The van der Waals surface area contributed by atoms with E-state index in [2.05, 4.69) is 39.6 Å². The maximum atomic E-state index is 12.8. The molecule has 1 aliphatic rings. The van der Waals surface area contributed by atoms with E-state index in [0.29, 0.717) is 18.4 Å². The number of rotatable bonds is 6. The number of nitrogens with one attached hydrogen (secondary N) is 1. The van der Waals surface area contributed by atoms with Crippen LogP contribution in [0.25, 0.3) is 0 Å². The van der Waals surface area contributed by atoms with Gasteiger partial charge >= 0.3 is 0 Å². The van der Waals surface area contributed by atoms with Crippen molar-refractivity contribution in [3.63, 3.8) is 0 Å². The fourth-order valence-corrected chi connectivity index (χ4v) is 3.76. The van der Waals surface area contributed by atoms with Crippen LogP contribution in [0, 0.1) is 5.92 Å². The summed E-state index contributed by atoms with van der Waals surface area (Å²) in [4.78, 5) is 15.0. The largest absolute Gasteiger partial charge is 0.330 e. The molecule has 1 amide bonds. The van der Waals surface area contributed by atoms with Crippen LogP contribution in [0.2, 0.25) is 0 Å². The molecule has 3 rings (SSSR count). The highest BCUT2D eigenvalue weighted by molar-refractivity contribution is 5.93. The first-order chi connectivity index (χ1) is 12.5. The normalized spacial score (nSPS) is 21.9. The Labute approximate surface area is 155 Å². The highest BCUT2D eigenvalue weighted by Crippen LogP contribution is 2.33. The Kier molecular flexibility index (Phi) is 5.74. The van der Waals surface area contributed by atoms with Crippen molar-refractivity contribution in [3.05, 3.63) is 48.2 Å². The average molecular weight is 355 g/mol. The predicted molar refractivity (Wildman–Crippen MR) is 104 cm³/mol. The number of likely N-dealkylation sites (tertiary alicyclic amines) is 1. The lowest BCUT2D eigenvalue weighted by molar-refractivity contribution is -0.120. The molecule has 3 N–H and O–H groups in total. The molecule has 1 unspecified atom stereocenters. The minimum Gasteiger partial charge on any atom is -0.330 e. The number of carbonyl (C=O) groups excluding carboxylic acids is 1. The molecular formula is C20H29N5O. The van der Waals surface area contributed by atoms with E-state index >= 15 is 0 Å². The number of carbonyl (C=O) groups is 1. The van der Waals surface area contributed by atoms with Gasteiger partial charge in [0.1, 0.15) is 5.82 Å². The zero-order chi connectivity index (χ0) is 18.7. The quantitative estimate of drug-likeness (QED) is 0.835. The smallest absolute Gasteiger partial charge is 0.242 e. The maximum Gasteiger partial charge on any atom is 0.242 e. The van der Waals surface area contributed by atoms with Crippen LogP contribution in [0.4, 0.5) is 5.82 Å². The van der Waals surface area contributed by atoms with Gasteiger partial charge in [-0.2, -0.15) is 5.10 Å². The first-order valence-corrected chi connectivity index (χ1v) is 9.34. The summed E-state index contributed by atoms with van der Waals surface area (Å²) in [6.07, 6.45) is 1.71. The maximum absolute atomic E-state index is 12.8. The van der Waals surface area contributed by atoms with Gasteiger partial charge in [0.15, 0.2) is 0 Å². The molecule has 0 radical (unpaired) electrons. The van der Waals surface area contributed by atoms with Gasteiger partial charge in [0, 0.05) is 31.1 Å².